The lowest BCUT2D eigenvalue weighted by Crippen LogP contribution is -2.32. The summed E-state index contributed by atoms with van der Waals surface area (Å²) < 4.78 is 12.1. The molecule has 0 aromatic heterocycles. The average molecular weight is 431 g/mol. The number of fused-ring (bicyclic) bond motifs is 1. The molecule has 7 heteroatoms. The van der Waals surface area contributed by atoms with Gasteiger partial charge in [0.05, 0.1) is 6.04 Å². The number of hydrogen-bond donors (Lipinski definition) is 1. The molecule has 0 fully saturated rings. The van der Waals surface area contributed by atoms with E-state index in [1.54, 1.807) is 0 Å². The fraction of sp³-hybridized carbons (Fsp3) is 0.300. The van der Waals surface area contributed by atoms with Gasteiger partial charge >= 0.3 is 0 Å². The van der Waals surface area contributed by atoms with Crippen molar-refractivity contribution in [2.24, 2.45) is 5.16 Å². The van der Waals surface area contributed by atoms with Gasteiger partial charge < -0.3 is 19.6 Å². The zero-order chi connectivity index (χ0) is 18.8. The van der Waals surface area contributed by atoms with Gasteiger partial charge in [0, 0.05) is 10.9 Å². The molecule has 1 N–H and O–H groups in total. The first kappa shape index (κ1) is 17.9. The van der Waals surface area contributed by atoms with E-state index in [1.165, 1.54) is 0 Å². The summed E-state index contributed by atoms with van der Waals surface area (Å²) in [6, 6.07) is 13.3. The molecule has 2 heterocycles. The summed E-state index contributed by atoms with van der Waals surface area (Å²) in [4.78, 5) is 18.1. The van der Waals surface area contributed by atoms with E-state index in [1.807, 2.05) is 49.4 Å². The smallest absolute Gasteiger partial charge is 0.269 e. The van der Waals surface area contributed by atoms with Crippen LogP contribution in [-0.4, -0.2) is 24.8 Å². The topological polar surface area (TPSA) is 69.2 Å². The molecule has 0 spiro atoms. The van der Waals surface area contributed by atoms with Crippen LogP contribution in [0.2, 0.25) is 0 Å². The van der Waals surface area contributed by atoms with Gasteiger partial charge in [-0.15, -0.1) is 0 Å². The van der Waals surface area contributed by atoms with Gasteiger partial charge in [-0.1, -0.05) is 51.4 Å². The quantitative estimate of drug-likeness (QED) is 0.797. The van der Waals surface area contributed by atoms with E-state index >= 15 is 0 Å². The Hall–Kier alpha value is -2.54. The van der Waals surface area contributed by atoms with Crippen LogP contribution in [0.5, 0.6) is 11.5 Å². The lowest BCUT2D eigenvalue weighted by atomic mass is 10.0. The van der Waals surface area contributed by atoms with Gasteiger partial charge in [0.15, 0.2) is 17.6 Å². The number of nitrogens with zero attached hydrogens (tertiary/aromatic N) is 1. The fourth-order valence-corrected chi connectivity index (χ4v) is 3.79. The van der Waals surface area contributed by atoms with Gasteiger partial charge in [-0.25, -0.2) is 0 Å². The number of ether oxygens (including phenoxy) is 2. The molecular weight excluding hydrogens is 412 g/mol. The highest BCUT2D eigenvalue weighted by Gasteiger charge is 2.28. The molecule has 2 aliphatic heterocycles. The highest BCUT2D eigenvalue weighted by molar-refractivity contribution is 9.10. The van der Waals surface area contributed by atoms with Crippen LogP contribution >= 0.6 is 15.9 Å². The molecular formula is C20H19BrN2O4. The van der Waals surface area contributed by atoms with Crippen LogP contribution in [0.25, 0.3) is 0 Å². The maximum atomic E-state index is 12.6. The standard InChI is InChI=1S/C20H19BrN2O4/c1-12(14-9-18-19(10-15(14)21)26-8-7-25-18)22-20(24)16-11-17(27-23-16)13-5-3-2-4-6-13/h2-6,9-10,12,17H,7-8,11H2,1H3,(H,22,24). The van der Waals surface area contributed by atoms with Crippen molar-refractivity contribution >= 4 is 27.5 Å². The van der Waals surface area contributed by atoms with Gasteiger partial charge in [-0.2, -0.15) is 0 Å². The summed E-state index contributed by atoms with van der Waals surface area (Å²) >= 11 is 3.55. The Morgan fingerprint density at radius 3 is 2.63 bits per heavy atom. The molecule has 0 bridgehead atoms. The van der Waals surface area contributed by atoms with Gasteiger partial charge in [0.1, 0.15) is 18.9 Å². The fourth-order valence-electron chi connectivity index (χ4n) is 3.13. The summed E-state index contributed by atoms with van der Waals surface area (Å²) in [7, 11) is 0. The number of carbonyl (C=O) groups excluding carboxylic acids is 1. The second kappa shape index (κ2) is 7.60. The Balaban J connectivity index is 1.43. The summed E-state index contributed by atoms with van der Waals surface area (Å²) in [6.07, 6.45) is 0.230. The molecule has 2 aromatic carbocycles. The summed E-state index contributed by atoms with van der Waals surface area (Å²) in [5.74, 6) is 1.16. The van der Waals surface area contributed by atoms with E-state index < -0.39 is 0 Å². The zero-order valence-electron chi connectivity index (χ0n) is 14.8. The number of oxime groups is 1. The minimum atomic E-state index is -0.235. The number of benzene rings is 2. The number of rotatable bonds is 4. The number of hydrogen-bond acceptors (Lipinski definition) is 5. The third kappa shape index (κ3) is 3.78. The second-order valence-electron chi connectivity index (χ2n) is 6.46. The molecule has 0 radical (unpaired) electrons. The number of nitrogens with one attached hydrogen (secondary N) is 1. The largest absolute Gasteiger partial charge is 0.486 e. The molecule has 0 saturated carbocycles. The molecule has 2 atom stereocenters. The van der Waals surface area contributed by atoms with Crippen LogP contribution in [0.3, 0.4) is 0 Å². The SMILES string of the molecule is CC(NC(=O)C1=NOC(c2ccccc2)C1)c1cc2c(cc1Br)OCCO2. The predicted molar refractivity (Wildman–Crippen MR) is 104 cm³/mol. The molecule has 0 aliphatic carbocycles. The molecule has 6 nitrogen and oxygen atoms in total. The zero-order valence-corrected chi connectivity index (χ0v) is 16.4. The predicted octanol–water partition coefficient (Wildman–Crippen LogP) is 3.92. The highest BCUT2D eigenvalue weighted by atomic mass is 79.9. The highest BCUT2D eigenvalue weighted by Crippen LogP contribution is 2.38. The van der Waals surface area contributed by atoms with Crippen LogP contribution in [0.1, 0.15) is 36.6 Å². The molecule has 4 rings (SSSR count). The van der Waals surface area contributed by atoms with Crippen LogP contribution < -0.4 is 14.8 Å². The Morgan fingerprint density at radius 1 is 1.19 bits per heavy atom. The molecule has 2 aliphatic rings. The van der Waals surface area contributed by atoms with Gasteiger partial charge in [0.2, 0.25) is 0 Å². The van der Waals surface area contributed by atoms with Crippen molar-refractivity contribution in [2.45, 2.75) is 25.5 Å². The molecule has 0 saturated heterocycles. The van der Waals surface area contributed by atoms with E-state index in [9.17, 15) is 4.79 Å². The van der Waals surface area contributed by atoms with Crippen LogP contribution in [-0.2, 0) is 9.63 Å². The van der Waals surface area contributed by atoms with Crippen molar-refractivity contribution in [3.05, 3.63) is 58.1 Å². The normalized spacial score (nSPS) is 19.0. The van der Waals surface area contributed by atoms with E-state index in [0.717, 1.165) is 15.6 Å². The van der Waals surface area contributed by atoms with E-state index in [2.05, 4.69) is 26.4 Å². The van der Waals surface area contributed by atoms with Gasteiger partial charge in [0.25, 0.3) is 5.91 Å². The van der Waals surface area contributed by atoms with Crippen LogP contribution in [0, 0.1) is 0 Å². The Bertz CT molecular complexity index is 885. The number of halogens is 1. The van der Waals surface area contributed by atoms with Crippen molar-refractivity contribution < 1.29 is 19.1 Å². The van der Waals surface area contributed by atoms with Crippen molar-refractivity contribution in [3.8, 4) is 11.5 Å². The van der Waals surface area contributed by atoms with Crippen molar-refractivity contribution in [1.29, 1.82) is 0 Å². The molecule has 2 aromatic rings. The molecule has 140 valence electrons. The van der Waals surface area contributed by atoms with Crippen molar-refractivity contribution in [3.63, 3.8) is 0 Å². The summed E-state index contributed by atoms with van der Waals surface area (Å²) in [5, 5.41) is 6.96. The lowest BCUT2D eigenvalue weighted by Gasteiger charge is -2.22. The van der Waals surface area contributed by atoms with Crippen molar-refractivity contribution in [2.75, 3.05) is 13.2 Å². The Labute approximate surface area is 165 Å². The molecule has 2 unspecified atom stereocenters. The van der Waals surface area contributed by atoms with Crippen LogP contribution in [0.15, 0.2) is 52.1 Å². The van der Waals surface area contributed by atoms with Crippen molar-refractivity contribution in [1.82, 2.24) is 5.32 Å². The third-order valence-electron chi connectivity index (χ3n) is 4.58. The third-order valence-corrected chi connectivity index (χ3v) is 5.26. The maximum Gasteiger partial charge on any atom is 0.269 e. The maximum absolute atomic E-state index is 12.6. The van der Waals surface area contributed by atoms with Crippen LogP contribution in [0.4, 0.5) is 0 Å². The average Bonchev–Trinajstić information content (AvgIpc) is 3.18. The first-order valence-corrected chi connectivity index (χ1v) is 9.58. The molecule has 1 amide bonds. The van der Waals surface area contributed by atoms with Gasteiger partial charge in [-0.05, 0) is 30.2 Å². The Kier molecular flexibility index (Phi) is 5.03. The first-order chi connectivity index (χ1) is 13.1. The van der Waals surface area contributed by atoms with E-state index in [0.29, 0.717) is 36.8 Å². The second-order valence-corrected chi connectivity index (χ2v) is 7.31. The Morgan fingerprint density at radius 2 is 1.89 bits per heavy atom. The summed E-state index contributed by atoms with van der Waals surface area (Å²) in [6.45, 7) is 2.97. The minimum absolute atomic E-state index is 0.219. The monoisotopic (exact) mass is 430 g/mol. The van der Waals surface area contributed by atoms with E-state index in [-0.39, 0.29) is 18.1 Å². The first-order valence-electron chi connectivity index (χ1n) is 8.79. The number of amides is 1. The summed E-state index contributed by atoms with van der Waals surface area (Å²) in [5.41, 5.74) is 2.31. The number of carbonyl (C=O) groups is 1. The lowest BCUT2D eigenvalue weighted by molar-refractivity contribution is -0.115. The van der Waals surface area contributed by atoms with E-state index in [4.69, 9.17) is 14.3 Å². The minimum Gasteiger partial charge on any atom is -0.486 e. The van der Waals surface area contributed by atoms with Gasteiger partial charge in [-0.3, -0.25) is 4.79 Å². The molecule has 27 heavy (non-hydrogen) atoms.